The maximum absolute atomic E-state index is 10.6. The molecule has 1 rings (SSSR count). The molecule has 0 unspecified atom stereocenters. The summed E-state index contributed by atoms with van der Waals surface area (Å²) in [6, 6.07) is 4.17. The van der Waals surface area contributed by atoms with Gasteiger partial charge in [0.15, 0.2) is 0 Å². The predicted molar refractivity (Wildman–Crippen MR) is 84.3 cm³/mol. The van der Waals surface area contributed by atoms with Crippen molar-refractivity contribution in [2.45, 2.75) is 65.7 Å². The molecular weight excluding hydrogens is 234 g/mol. The molecule has 2 N–H and O–H groups in total. The van der Waals surface area contributed by atoms with E-state index in [1.807, 2.05) is 0 Å². The fourth-order valence-electron chi connectivity index (χ4n) is 2.15. The molecule has 2 heteroatoms. The van der Waals surface area contributed by atoms with Crippen LogP contribution in [0.2, 0.25) is 0 Å². The summed E-state index contributed by atoms with van der Waals surface area (Å²) in [6.07, 6.45) is 1.09. The minimum atomic E-state index is -0.0615. The standard InChI is InChI=1S/C17H29NO/c1-8-9-18-12-10-13(16(2,3)4)15(19)14(11-12)17(5,6)7/h10-11,18-19H,8-9H2,1-7H3. The monoisotopic (exact) mass is 263 g/mol. The van der Waals surface area contributed by atoms with Crippen LogP contribution in [0.15, 0.2) is 12.1 Å². The van der Waals surface area contributed by atoms with E-state index in [4.69, 9.17) is 0 Å². The molecule has 108 valence electrons. The Bertz CT molecular complexity index is 401. The first-order valence-corrected chi connectivity index (χ1v) is 7.19. The molecule has 0 bridgehead atoms. The van der Waals surface area contributed by atoms with Gasteiger partial charge in [0.2, 0.25) is 0 Å². The number of phenols is 1. The number of hydrogen-bond donors (Lipinski definition) is 2. The number of aromatic hydroxyl groups is 1. The van der Waals surface area contributed by atoms with Crippen LogP contribution in [0, 0.1) is 0 Å². The maximum atomic E-state index is 10.6. The number of anilines is 1. The van der Waals surface area contributed by atoms with E-state index in [1.54, 1.807) is 0 Å². The minimum Gasteiger partial charge on any atom is -0.507 e. The molecule has 0 spiro atoms. The highest BCUT2D eigenvalue weighted by Gasteiger charge is 2.26. The van der Waals surface area contributed by atoms with E-state index in [9.17, 15) is 5.11 Å². The van der Waals surface area contributed by atoms with Crippen LogP contribution in [0.3, 0.4) is 0 Å². The van der Waals surface area contributed by atoms with E-state index in [1.165, 1.54) is 0 Å². The number of rotatable bonds is 3. The first-order valence-electron chi connectivity index (χ1n) is 7.19. The maximum Gasteiger partial charge on any atom is 0.123 e. The Labute approximate surface area is 118 Å². The van der Waals surface area contributed by atoms with Crippen molar-refractivity contribution in [3.63, 3.8) is 0 Å². The third kappa shape index (κ3) is 3.89. The normalized spacial score (nSPS) is 12.6. The Morgan fingerprint density at radius 2 is 1.37 bits per heavy atom. The average Bonchev–Trinajstić information content (AvgIpc) is 2.24. The fourth-order valence-corrected chi connectivity index (χ4v) is 2.15. The van der Waals surface area contributed by atoms with Crippen LogP contribution >= 0.6 is 0 Å². The second-order valence-corrected chi connectivity index (χ2v) is 7.35. The number of nitrogens with one attached hydrogen (secondary N) is 1. The third-order valence-corrected chi connectivity index (χ3v) is 3.31. The lowest BCUT2D eigenvalue weighted by Gasteiger charge is -2.28. The molecule has 0 aliphatic rings. The van der Waals surface area contributed by atoms with Gasteiger partial charge in [-0.1, -0.05) is 48.5 Å². The van der Waals surface area contributed by atoms with E-state index >= 15 is 0 Å². The van der Waals surface area contributed by atoms with Gasteiger partial charge in [0, 0.05) is 23.4 Å². The van der Waals surface area contributed by atoms with E-state index in [-0.39, 0.29) is 10.8 Å². The second kappa shape index (κ2) is 5.44. The molecule has 0 radical (unpaired) electrons. The summed E-state index contributed by atoms with van der Waals surface area (Å²) >= 11 is 0. The van der Waals surface area contributed by atoms with E-state index in [0.29, 0.717) is 5.75 Å². The lowest BCUT2D eigenvalue weighted by Crippen LogP contribution is -2.18. The van der Waals surface area contributed by atoms with Gasteiger partial charge in [0.1, 0.15) is 5.75 Å². The smallest absolute Gasteiger partial charge is 0.123 e. The molecule has 1 aromatic carbocycles. The lowest BCUT2D eigenvalue weighted by atomic mass is 9.79. The van der Waals surface area contributed by atoms with Gasteiger partial charge < -0.3 is 10.4 Å². The zero-order valence-corrected chi connectivity index (χ0v) is 13.5. The van der Waals surface area contributed by atoms with Crippen LogP contribution in [-0.4, -0.2) is 11.7 Å². The van der Waals surface area contributed by atoms with Crippen LogP contribution in [0.4, 0.5) is 5.69 Å². The van der Waals surface area contributed by atoms with Gasteiger partial charge in [-0.25, -0.2) is 0 Å². The Balaban J connectivity index is 3.39. The largest absolute Gasteiger partial charge is 0.507 e. The van der Waals surface area contributed by atoms with Crippen LogP contribution in [0.1, 0.15) is 66.0 Å². The van der Waals surface area contributed by atoms with Gasteiger partial charge in [-0.15, -0.1) is 0 Å². The fraction of sp³-hybridized carbons (Fsp3) is 0.647. The first kappa shape index (κ1) is 15.9. The summed E-state index contributed by atoms with van der Waals surface area (Å²) in [5, 5.41) is 14.0. The van der Waals surface area contributed by atoms with Gasteiger partial charge >= 0.3 is 0 Å². The number of benzene rings is 1. The number of phenolic OH excluding ortho intramolecular Hbond substituents is 1. The Kier molecular flexibility index (Phi) is 4.54. The van der Waals surface area contributed by atoms with Crippen molar-refractivity contribution < 1.29 is 5.11 Å². The molecule has 0 heterocycles. The van der Waals surface area contributed by atoms with Gasteiger partial charge in [0.05, 0.1) is 0 Å². The SMILES string of the molecule is CCCNc1cc(C(C)(C)C)c(O)c(C(C)(C)C)c1. The Morgan fingerprint density at radius 1 is 0.947 bits per heavy atom. The molecule has 0 aromatic heterocycles. The quantitative estimate of drug-likeness (QED) is 0.767. The van der Waals surface area contributed by atoms with Gasteiger partial charge in [-0.3, -0.25) is 0 Å². The molecule has 0 aliphatic heterocycles. The summed E-state index contributed by atoms with van der Waals surface area (Å²) in [6.45, 7) is 15.9. The molecule has 1 aromatic rings. The van der Waals surface area contributed by atoms with E-state index in [0.717, 1.165) is 29.8 Å². The summed E-state index contributed by atoms with van der Waals surface area (Å²) in [7, 11) is 0. The molecule has 0 saturated heterocycles. The topological polar surface area (TPSA) is 32.3 Å². The molecule has 0 amide bonds. The minimum absolute atomic E-state index is 0.0615. The van der Waals surface area contributed by atoms with Crippen LogP contribution in [-0.2, 0) is 10.8 Å². The Morgan fingerprint density at radius 3 is 1.68 bits per heavy atom. The second-order valence-electron chi connectivity index (χ2n) is 7.35. The van der Waals surface area contributed by atoms with Gasteiger partial charge in [-0.2, -0.15) is 0 Å². The van der Waals surface area contributed by atoms with Crippen molar-refractivity contribution in [2.75, 3.05) is 11.9 Å². The average molecular weight is 263 g/mol. The highest BCUT2D eigenvalue weighted by Crippen LogP contribution is 2.40. The van der Waals surface area contributed by atoms with Gasteiger partial charge in [-0.05, 0) is 29.4 Å². The lowest BCUT2D eigenvalue weighted by molar-refractivity contribution is 0.423. The van der Waals surface area contributed by atoms with Crippen LogP contribution in [0.25, 0.3) is 0 Å². The van der Waals surface area contributed by atoms with Crippen molar-refractivity contribution in [3.8, 4) is 5.75 Å². The highest BCUT2D eigenvalue weighted by atomic mass is 16.3. The van der Waals surface area contributed by atoms with Crippen molar-refractivity contribution in [2.24, 2.45) is 0 Å². The molecule has 0 fully saturated rings. The summed E-state index contributed by atoms with van der Waals surface area (Å²) in [5.41, 5.74) is 3.01. The number of hydrogen-bond acceptors (Lipinski definition) is 2. The molecule has 0 atom stereocenters. The van der Waals surface area contributed by atoms with Crippen LogP contribution < -0.4 is 5.32 Å². The van der Waals surface area contributed by atoms with E-state index in [2.05, 4.69) is 65.9 Å². The van der Waals surface area contributed by atoms with Crippen molar-refractivity contribution in [3.05, 3.63) is 23.3 Å². The zero-order valence-electron chi connectivity index (χ0n) is 13.5. The van der Waals surface area contributed by atoms with E-state index < -0.39 is 0 Å². The summed E-state index contributed by atoms with van der Waals surface area (Å²) < 4.78 is 0. The molecule has 0 aliphatic carbocycles. The molecule has 19 heavy (non-hydrogen) atoms. The predicted octanol–water partition coefficient (Wildman–Crippen LogP) is 4.81. The third-order valence-electron chi connectivity index (χ3n) is 3.31. The van der Waals surface area contributed by atoms with Crippen molar-refractivity contribution in [1.29, 1.82) is 0 Å². The van der Waals surface area contributed by atoms with Gasteiger partial charge in [0.25, 0.3) is 0 Å². The molecule has 2 nitrogen and oxygen atoms in total. The van der Waals surface area contributed by atoms with Crippen molar-refractivity contribution in [1.82, 2.24) is 0 Å². The highest BCUT2D eigenvalue weighted by molar-refractivity contribution is 5.59. The molecular formula is C17H29NO. The Hall–Kier alpha value is -1.18. The zero-order chi connectivity index (χ0) is 14.8. The van der Waals surface area contributed by atoms with Crippen LogP contribution in [0.5, 0.6) is 5.75 Å². The summed E-state index contributed by atoms with van der Waals surface area (Å²) in [5.74, 6) is 0.446. The summed E-state index contributed by atoms with van der Waals surface area (Å²) in [4.78, 5) is 0. The first-order chi connectivity index (χ1) is 8.57. The molecule has 0 saturated carbocycles. The van der Waals surface area contributed by atoms with Crippen molar-refractivity contribution >= 4 is 5.69 Å².